The summed E-state index contributed by atoms with van der Waals surface area (Å²) in [5, 5.41) is 0. The number of halogens is 3. The third-order valence-corrected chi connectivity index (χ3v) is 2.92. The molecule has 1 nitrogen and oxygen atoms in total. The van der Waals surface area contributed by atoms with E-state index in [1.54, 1.807) is 18.2 Å². The fourth-order valence-electron chi connectivity index (χ4n) is 1.99. The maximum atomic E-state index is 13.4. The molecule has 0 aromatic heterocycles. The van der Waals surface area contributed by atoms with Crippen LogP contribution in [0.2, 0.25) is 0 Å². The number of nitrogens with two attached hydrogens (primary N) is 1. The van der Waals surface area contributed by atoms with E-state index in [1.165, 1.54) is 12.1 Å². The molecule has 4 heteroatoms. The lowest BCUT2D eigenvalue weighted by molar-refractivity contribution is 0.505. The third-order valence-electron chi connectivity index (χ3n) is 2.92. The van der Waals surface area contributed by atoms with Crippen molar-refractivity contribution in [1.82, 2.24) is 0 Å². The molecule has 1 atom stereocenters. The molecule has 2 N–H and O–H groups in total. The molecule has 0 fully saturated rings. The quantitative estimate of drug-likeness (QED) is 0.902. The van der Waals surface area contributed by atoms with E-state index in [-0.39, 0.29) is 11.9 Å². The van der Waals surface area contributed by atoms with Gasteiger partial charge in [0.05, 0.1) is 0 Å². The minimum Gasteiger partial charge on any atom is -0.327 e. The molecule has 1 unspecified atom stereocenters. The van der Waals surface area contributed by atoms with Crippen molar-refractivity contribution in [1.29, 1.82) is 0 Å². The van der Waals surface area contributed by atoms with Crippen LogP contribution in [0, 0.1) is 17.5 Å². The zero-order chi connectivity index (χ0) is 13.8. The Morgan fingerprint density at radius 3 is 2.26 bits per heavy atom. The molecule has 100 valence electrons. The first-order chi connectivity index (χ1) is 9.06. The second-order valence-electron chi connectivity index (χ2n) is 4.51. The van der Waals surface area contributed by atoms with E-state index < -0.39 is 11.6 Å². The van der Waals surface area contributed by atoms with Gasteiger partial charge in [-0.1, -0.05) is 24.3 Å². The molecule has 0 spiro atoms. The Kier molecular flexibility index (Phi) is 4.22. The highest BCUT2D eigenvalue weighted by atomic mass is 19.2. The Morgan fingerprint density at radius 2 is 1.58 bits per heavy atom. The van der Waals surface area contributed by atoms with Gasteiger partial charge in [0, 0.05) is 6.04 Å². The standard InChI is InChI=1S/C15H14F3N/c16-13-4-2-1-3-11(13)9-12(19)7-10-5-6-14(17)15(18)8-10/h1-6,8,12H,7,9,19H2. The first-order valence-electron chi connectivity index (χ1n) is 5.99. The van der Waals surface area contributed by atoms with Crippen molar-refractivity contribution in [2.24, 2.45) is 5.73 Å². The Labute approximate surface area is 109 Å². The summed E-state index contributed by atoms with van der Waals surface area (Å²) in [7, 11) is 0. The van der Waals surface area contributed by atoms with Crippen molar-refractivity contribution < 1.29 is 13.2 Å². The Hall–Kier alpha value is -1.81. The van der Waals surface area contributed by atoms with Gasteiger partial charge in [0.2, 0.25) is 0 Å². The molecular formula is C15H14F3N. The van der Waals surface area contributed by atoms with E-state index >= 15 is 0 Å². The van der Waals surface area contributed by atoms with Gasteiger partial charge in [-0.25, -0.2) is 13.2 Å². The number of hydrogen-bond donors (Lipinski definition) is 1. The van der Waals surface area contributed by atoms with Gasteiger partial charge in [0.1, 0.15) is 5.82 Å². The third kappa shape index (κ3) is 3.58. The maximum Gasteiger partial charge on any atom is 0.159 e. The SMILES string of the molecule is NC(Cc1ccc(F)c(F)c1)Cc1ccccc1F. The van der Waals surface area contributed by atoms with Crippen molar-refractivity contribution in [3.05, 3.63) is 71.0 Å². The van der Waals surface area contributed by atoms with E-state index in [2.05, 4.69) is 0 Å². The molecule has 19 heavy (non-hydrogen) atoms. The Bertz CT molecular complexity index is 569. The van der Waals surface area contributed by atoms with Gasteiger partial charge in [-0.2, -0.15) is 0 Å². The summed E-state index contributed by atoms with van der Waals surface area (Å²) in [6.45, 7) is 0. The van der Waals surface area contributed by atoms with Crippen LogP contribution in [0.15, 0.2) is 42.5 Å². The smallest absolute Gasteiger partial charge is 0.159 e. The maximum absolute atomic E-state index is 13.4. The molecular weight excluding hydrogens is 251 g/mol. The van der Waals surface area contributed by atoms with Crippen LogP contribution in [0.25, 0.3) is 0 Å². The largest absolute Gasteiger partial charge is 0.327 e. The Balaban J connectivity index is 2.03. The summed E-state index contributed by atoms with van der Waals surface area (Å²) >= 11 is 0. The Morgan fingerprint density at radius 1 is 0.842 bits per heavy atom. The monoisotopic (exact) mass is 265 g/mol. The van der Waals surface area contributed by atoms with Gasteiger partial charge in [-0.3, -0.25) is 0 Å². The molecule has 0 saturated carbocycles. The van der Waals surface area contributed by atoms with Crippen molar-refractivity contribution in [3.63, 3.8) is 0 Å². The van der Waals surface area contributed by atoms with Crippen LogP contribution in [0.1, 0.15) is 11.1 Å². The molecule has 0 radical (unpaired) electrons. The summed E-state index contributed by atoms with van der Waals surface area (Å²) in [6.07, 6.45) is 0.719. The van der Waals surface area contributed by atoms with Crippen LogP contribution >= 0.6 is 0 Å². The molecule has 0 saturated heterocycles. The van der Waals surface area contributed by atoms with E-state index in [4.69, 9.17) is 5.73 Å². The molecule has 2 aromatic rings. The second kappa shape index (κ2) is 5.89. The molecule has 0 aliphatic rings. The number of hydrogen-bond acceptors (Lipinski definition) is 1. The van der Waals surface area contributed by atoms with Crippen molar-refractivity contribution >= 4 is 0 Å². The normalized spacial score (nSPS) is 12.4. The minimum atomic E-state index is -0.893. The molecule has 2 rings (SSSR count). The van der Waals surface area contributed by atoms with Crippen molar-refractivity contribution in [2.75, 3.05) is 0 Å². The van der Waals surface area contributed by atoms with Gasteiger partial charge >= 0.3 is 0 Å². The van der Waals surface area contributed by atoms with Gasteiger partial charge in [0.25, 0.3) is 0 Å². The first kappa shape index (κ1) is 13.6. The predicted molar refractivity (Wildman–Crippen MR) is 68.1 cm³/mol. The van der Waals surface area contributed by atoms with E-state index in [0.29, 0.717) is 24.0 Å². The van der Waals surface area contributed by atoms with Crippen LogP contribution in [-0.2, 0) is 12.8 Å². The van der Waals surface area contributed by atoms with Crippen LogP contribution in [0.3, 0.4) is 0 Å². The van der Waals surface area contributed by atoms with Crippen molar-refractivity contribution in [2.45, 2.75) is 18.9 Å². The average Bonchev–Trinajstić information content (AvgIpc) is 2.37. The van der Waals surface area contributed by atoms with Crippen LogP contribution in [-0.4, -0.2) is 6.04 Å². The second-order valence-corrected chi connectivity index (χ2v) is 4.51. The molecule has 0 bridgehead atoms. The van der Waals surface area contributed by atoms with E-state index in [0.717, 1.165) is 12.1 Å². The summed E-state index contributed by atoms with van der Waals surface area (Å²) in [4.78, 5) is 0. The minimum absolute atomic E-state index is 0.303. The van der Waals surface area contributed by atoms with Crippen LogP contribution in [0.4, 0.5) is 13.2 Å². The van der Waals surface area contributed by atoms with Crippen LogP contribution < -0.4 is 5.73 Å². The van der Waals surface area contributed by atoms with Gasteiger partial charge < -0.3 is 5.73 Å². The molecule has 0 amide bonds. The van der Waals surface area contributed by atoms with E-state index in [9.17, 15) is 13.2 Å². The zero-order valence-corrected chi connectivity index (χ0v) is 10.2. The number of benzene rings is 2. The highest BCUT2D eigenvalue weighted by Crippen LogP contribution is 2.13. The lowest BCUT2D eigenvalue weighted by Crippen LogP contribution is -2.26. The molecule has 2 aromatic carbocycles. The van der Waals surface area contributed by atoms with E-state index in [1.807, 2.05) is 0 Å². The number of rotatable bonds is 4. The predicted octanol–water partition coefficient (Wildman–Crippen LogP) is 3.22. The molecule has 0 aliphatic carbocycles. The van der Waals surface area contributed by atoms with Gasteiger partial charge in [-0.15, -0.1) is 0 Å². The fraction of sp³-hybridized carbons (Fsp3) is 0.200. The van der Waals surface area contributed by atoms with Gasteiger partial charge in [0.15, 0.2) is 11.6 Å². The average molecular weight is 265 g/mol. The highest BCUT2D eigenvalue weighted by Gasteiger charge is 2.10. The van der Waals surface area contributed by atoms with Crippen LogP contribution in [0.5, 0.6) is 0 Å². The topological polar surface area (TPSA) is 26.0 Å². The summed E-state index contributed by atoms with van der Waals surface area (Å²) in [6, 6.07) is 9.72. The molecule has 0 aliphatic heterocycles. The van der Waals surface area contributed by atoms with Crippen molar-refractivity contribution in [3.8, 4) is 0 Å². The summed E-state index contributed by atoms with van der Waals surface area (Å²) in [5.41, 5.74) is 7.04. The zero-order valence-electron chi connectivity index (χ0n) is 10.2. The highest BCUT2D eigenvalue weighted by molar-refractivity contribution is 5.21. The molecule has 0 heterocycles. The first-order valence-corrected chi connectivity index (χ1v) is 5.99. The lowest BCUT2D eigenvalue weighted by atomic mass is 9.99. The summed E-state index contributed by atoms with van der Waals surface area (Å²) < 4.78 is 39.3. The van der Waals surface area contributed by atoms with Gasteiger partial charge in [-0.05, 0) is 42.2 Å². The summed E-state index contributed by atoms with van der Waals surface area (Å²) in [5.74, 6) is -2.08. The fourth-order valence-corrected chi connectivity index (χ4v) is 1.99. The lowest BCUT2D eigenvalue weighted by Gasteiger charge is -2.12.